The van der Waals surface area contributed by atoms with Gasteiger partial charge in [0.15, 0.2) is 0 Å². The van der Waals surface area contributed by atoms with Crippen LogP contribution in [0.5, 0.6) is 0 Å². The molecular formula is C14H13ClFNOS. The number of benzene rings is 1. The standard InChI is InChI=1S/C14H13ClFNOS/c1-14(2,10-6-5-9(16)8-11(10)15)17-13(18)12-4-3-7-19-12/h3-8H,1-2H3,(H,17,18). The van der Waals surface area contributed by atoms with Gasteiger partial charge in [0.1, 0.15) is 5.82 Å². The fourth-order valence-corrected chi connectivity index (χ4v) is 2.84. The fraction of sp³-hybridized carbons (Fsp3) is 0.214. The van der Waals surface area contributed by atoms with Gasteiger partial charge in [0.2, 0.25) is 0 Å². The van der Waals surface area contributed by atoms with E-state index in [1.165, 1.54) is 23.5 Å². The Morgan fingerprint density at radius 1 is 1.37 bits per heavy atom. The average Bonchev–Trinajstić information content (AvgIpc) is 2.80. The highest BCUT2D eigenvalue weighted by Gasteiger charge is 2.26. The molecule has 0 unspecified atom stereocenters. The number of hydrogen-bond acceptors (Lipinski definition) is 2. The van der Waals surface area contributed by atoms with E-state index >= 15 is 0 Å². The fourth-order valence-electron chi connectivity index (χ4n) is 1.82. The molecular weight excluding hydrogens is 285 g/mol. The van der Waals surface area contributed by atoms with Gasteiger partial charge in [-0.1, -0.05) is 23.7 Å². The first kappa shape index (κ1) is 14.0. The number of carbonyl (C=O) groups is 1. The van der Waals surface area contributed by atoms with Gasteiger partial charge >= 0.3 is 0 Å². The summed E-state index contributed by atoms with van der Waals surface area (Å²) in [5.74, 6) is -0.561. The topological polar surface area (TPSA) is 29.1 Å². The third kappa shape index (κ3) is 3.14. The molecule has 1 aromatic heterocycles. The number of rotatable bonds is 3. The molecule has 0 fully saturated rings. The number of amides is 1. The molecule has 1 amide bonds. The van der Waals surface area contributed by atoms with Crippen molar-refractivity contribution < 1.29 is 9.18 Å². The van der Waals surface area contributed by atoms with Gasteiger partial charge in [-0.05, 0) is 43.0 Å². The van der Waals surface area contributed by atoms with Crippen LogP contribution in [0.4, 0.5) is 4.39 Å². The van der Waals surface area contributed by atoms with Crippen molar-refractivity contribution in [2.75, 3.05) is 0 Å². The highest BCUT2D eigenvalue weighted by atomic mass is 35.5. The third-order valence-electron chi connectivity index (χ3n) is 2.78. The summed E-state index contributed by atoms with van der Waals surface area (Å²) >= 11 is 7.40. The molecule has 2 rings (SSSR count). The Bertz CT molecular complexity index is 595. The maximum atomic E-state index is 13.1. The molecule has 2 aromatic rings. The number of thiophene rings is 1. The predicted molar refractivity (Wildman–Crippen MR) is 76.2 cm³/mol. The van der Waals surface area contributed by atoms with Crippen LogP contribution in [0, 0.1) is 5.82 Å². The quantitative estimate of drug-likeness (QED) is 0.903. The second-order valence-electron chi connectivity index (χ2n) is 4.68. The normalized spacial score (nSPS) is 11.4. The number of carbonyl (C=O) groups excluding carboxylic acids is 1. The van der Waals surface area contributed by atoms with E-state index in [2.05, 4.69) is 5.32 Å². The van der Waals surface area contributed by atoms with E-state index in [-0.39, 0.29) is 5.91 Å². The van der Waals surface area contributed by atoms with Gasteiger partial charge in [-0.25, -0.2) is 4.39 Å². The van der Waals surface area contributed by atoms with Crippen LogP contribution in [-0.2, 0) is 5.54 Å². The van der Waals surface area contributed by atoms with Crippen molar-refractivity contribution >= 4 is 28.8 Å². The van der Waals surface area contributed by atoms with Gasteiger partial charge < -0.3 is 5.32 Å². The van der Waals surface area contributed by atoms with Crippen molar-refractivity contribution in [3.63, 3.8) is 0 Å². The highest BCUT2D eigenvalue weighted by Crippen LogP contribution is 2.28. The molecule has 0 aliphatic carbocycles. The molecule has 0 aliphatic heterocycles. The molecule has 0 bridgehead atoms. The van der Waals surface area contributed by atoms with Crippen LogP contribution in [0.15, 0.2) is 35.7 Å². The van der Waals surface area contributed by atoms with Gasteiger partial charge in [-0.3, -0.25) is 4.79 Å². The molecule has 0 saturated heterocycles. The second-order valence-corrected chi connectivity index (χ2v) is 6.04. The summed E-state index contributed by atoms with van der Waals surface area (Å²) in [6.45, 7) is 3.66. The second kappa shape index (κ2) is 5.31. The van der Waals surface area contributed by atoms with E-state index in [0.29, 0.717) is 15.5 Å². The summed E-state index contributed by atoms with van der Waals surface area (Å²) in [4.78, 5) is 12.7. The monoisotopic (exact) mass is 297 g/mol. The Morgan fingerprint density at radius 3 is 2.68 bits per heavy atom. The number of nitrogens with one attached hydrogen (secondary N) is 1. The predicted octanol–water partition coefficient (Wildman–Crippen LogP) is 4.21. The molecule has 0 saturated carbocycles. The van der Waals surface area contributed by atoms with Gasteiger partial charge in [0.05, 0.1) is 10.4 Å². The Hall–Kier alpha value is -1.39. The van der Waals surface area contributed by atoms with Crippen LogP contribution < -0.4 is 5.32 Å². The molecule has 19 heavy (non-hydrogen) atoms. The lowest BCUT2D eigenvalue weighted by Gasteiger charge is -2.27. The molecule has 0 radical (unpaired) electrons. The van der Waals surface area contributed by atoms with Crippen molar-refractivity contribution in [1.82, 2.24) is 5.32 Å². The van der Waals surface area contributed by atoms with Crippen LogP contribution in [0.2, 0.25) is 5.02 Å². The SMILES string of the molecule is CC(C)(NC(=O)c1cccs1)c1ccc(F)cc1Cl. The lowest BCUT2D eigenvalue weighted by atomic mass is 9.94. The summed E-state index contributed by atoms with van der Waals surface area (Å²) in [5, 5.41) is 5.04. The lowest BCUT2D eigenvalue weighted by molar-refractivity contribution is 0.0916. The van der Waals surface area contributed by atoms with Gasteiger partial charge in [-0.15, -0.1) is 11.3 Å². The summed E-state index contributed by atoms with van der Waals surface area (Å²) in [7, 11) is 0. The average molecular weight is 298 g/mol. The molecule has 5 heteroatoms. The zero-order valence-corrected chi connectivity index (χ0v) is 12.1. The third-order valence-corrected chi connectivity index (χ3v) is 3.96. The van der Waals surface area contributed by atoms with Crippen LogP contribution in [0.1, 0.15) is 29.1 Å². The molecule has 1 N–H and O–H groups in total. The molecule has 2 nitrogen and oxygen atoms in total. The molecule has 1 heterocycles. The largest absolute Gasteiger partial charge is 0.342 e. The minimum Gasteiger partial charge on any atom is -0.342 e. The summed E-state index contributed by atoms with van der Waals surface area (Å²) in [6.07, 6.45) is 0. The molecule has 0 atom stereocenters. The van der Waals surface area contributed by atoms with E-state index in [0.717, 1.165) is 0 Å². The summed E-state index contributed by atoms with van der Waals surface area (Å²) in [6, 6.07) is 7.74. The van der Waals surface area contributed by atoms with Gasteiger partial charge in [0.25, 0.3) is 5.91 Å². The summed E-state index contributed by atoms with van der Waals surface area (Å²) < 4.78 is 13.1. The Kier molecular flexibility index (Phi) is 3.92. The van der Waals surface area contributed by atoms with Gasteiger partial charge in [0, 0.05) is 5.02 Å². The van der Waals surface area contributed by atoms with Crippen LogP contribution in [-0.4, -0.2) is 5.91 Å². The molecule has 0 spiro atoms. The number of halogens is 2. The van der Waals surface area contributed by atoms with E-state index in [1.54, 1.807) is 12.1 Å². The van der Waals surface area contributed by atoms with Crippen LogP contribution >= 0.6 is 22.9 Å². The Morgan fingerprint density at radius 2 is 2.11 bits per heavy atom. The maximum Gasteiger partial charge on any atom is 0.262 e. The maximum absolute atomic E-state index is 13.1. The highest BCUT2D eigenvalue weighted by molar-refractivity contribution is 7.12. The van der Waals surface area contributed by atoms with Crippen molar-refractivity contribution in [2.24, 2.45) is 0 Å². The Labute approximate surface area is 120 Å². The van der Waals surface area contributed by atoms with Crippen LogP contribution in [0.25, 0.3) is 0 Å². The minimum atomic E-state index is -0.675. The lowest BCUT2D eigenvalue weighted by Crippen LogP contribution is -2.40. The first-order valence-electron chi connectivity index (χ1n) is 5.72. The van der Waals surface area contributed by atoms with E-state index < -0.39 is 11.4 Å². The first-order valence-corrected chi connectivity index (χ1v) is 6.97. The Balaban J connectivity index is 2.25. The van der Waals surface area contributed by atoms with Crippen molar-refractivity contribution in [3.05, 3.63) is 57.0 Å². The molecule has 1 aromatic carbocycles. The van der Waals surface area contributed by atoms with E-state index in [4.69, 9.17) is 11.6 Å². The number of hydrogen-bond donors (Lipinski definition) is 1. The smallest absolute Gasteiger partial charge is 0.262 e. The minimum absolute atomic E-state index is 0.166. The first-order chi connectivity index (χ1) is 8.90. The van der Waals surface area contributed by atoms with E-state index in [1.807, 2.05) is 25.3 Å². The zero-order valence-electron chi connectivity index (χ0n) is 10.5. The molecule has 0 aliphatic rings. The van der Waals surface area contributed by atoms with Crippen molar-refractivity contribution in [1.29, 1.82) is 0 Å². The zero-order chi connectivity index (χ0) is 14.0. The van der Waals surface area contributed by atoms with Crippen molar-refractivity contribution in [3.8, 4) is 0 Å². The molecule has 100 valence electrons. The van der Waals surface area contributed by atoms with Crippen LogP contribution in [0.3, 0.4) is 0 Å². The van der Waals surface area contributed by atoms with Gasteiger partial charge in [-0.2, -0.15) is 0 Å². The van der Waals surface area contributed by atoms with Crippen molar-refractivity contribution in [2.45, 2.75) is 19.4 Å². The summed E-state index contributed by atoms with van der Waals surface area (Å²) in [5.41, 5.74) is 0.00625. The van der Waals surface area contributed by atoms with E-state index in [9.17, 15) is 9.18 Å².